The highest BCUT2D eigenvalue weighted by atomic mass is 35.5. The number of aliphatic hydroxyl groups is 3. The molecule has 362 valence electrons. The molecule has 17 heteroatoms. The number of hydrogen-bond donors (Lipinski definition) is 8. The van der Waals surface area contributed by atoms with Gasteiger partial charge in [0.25, 0.3) is 0 Å². The van der Waals surface area contributed by atoms with Crippen LogP contribution in [0.15, 0.2) is 36.4 Å². The molecule has 3 saturated carbocycles. The maximum atomic E-state index is 12.5. The lowest BCUT2D eigenvalue weighted by Crippen LogP contribution is -3.00. The van der Waals surface area contributed by atoms with E-state index in [0.717, 1.165) is 52.9 Å². The van der Waals surface area contributed by atoms with Crippen LogP contribution in [0.25, 0.3) is 0 Å². The van der Waals surface area contributed by atoms with Crippen LogP contribution in [-0.2, 0) is 49.9 Å². The van der Waals surface area contributed by atoms with Crippen LogP contribution >= 0.6 is 0 Å². The van der Waals surface area contributed by atoms with Gasteiger partial charge in [-0.25, -0.2) is 5.21 Å². The van der Waals surface area contributed by atoms with E-state index in [1.807, 2.05) is 25.2 Å². The molecule has 15 rings (SSSR count). The first kappa shape index (κ1) is 41.5. The Kier molecular flexibility index (Phi) is 8.43. The zero-order valence-electron chi connectivity index (χ0n) is 41.4. The Labute approximate surface area is 400 Å². The number of hydrogen-bond acceptors (Lipinski definition) is 15. The van der Waals surface area contributed by atoms with Gasteiger partial charge in [0.2, 0.25) is 0 Å². The summed E-state index contributed by atoms with van der Waals surface area (Å²) in [6, 6.07) is 10.1. The van der Waals surface area contributed by atoms with Gasteiger partial charge >= 0.3 is 0 Å². The number of carbonyl (C=O) groups is 3. The molecule has 0 radical (unpaired) electrons. The van der Waals surface area contributed by atoms with Gasteiger partial charge in [0.05, 0.1) is 34.5 Å². The minimum Gasteiger partial charge on any atom is -1.00 e. The number of ether oxygens (including phenoxy) is 3. The molecule has 3 aromatic carbocycles. The number of halogens is 1. The van der Waals surface area contributed by atoms with Gasteiger partial charge in [0.15, 0.2) is 76.2 Å². The van der Waals surface area contributed by atoms with Gasteiger partial charge in [-0.15, -0.1) is 0 Å². The summed E-state index contributed by atoms with van der Waals surface area (Å²) in [6.45, 7) is 2.04. The molecular weight excluding hydrogens is 886 g/mol. The number of phenolic OH excluding ortho intramolecular Hbond substituents is 3. The van der Waals surface area contributed by atoms with Gasteiger partial charge in [-0.1, -0.05) is 18.2 Å². The molecule has 8 N–H and O–H groups in total. The standard InChI is InChI=1S/C17H19NO5.C17H19NO4.C16H17NO4.ClH.3H2/c1-18(22)7-6-16-13-9-2-3-10(19)14(13)23-15(16)11(20)4-5-17(16,21)12(18)8-9;1-18-7-6-16-13-9-2-3-10(19)14(13)22-15(16)11(20)4-5-17(16,21)12(18)8-9;18-9-2-1-8-7-11-16(20)4-3-10(19)14-15(16,5-6-17-11)12(8)13(9)21-14;;;;/h2-3,12,15,21-22H,4-8H2,1H3;2-3,12,15,19,21H,4-8H2,1H3;1-2,11,14,17-18,20H,3-7H2;4*1H/t12?,15-,16-,17+,18+;12?,15-,16-,17+;11?,14-,15-,16+;;;;/m000..../s1/i;;;;2*1+1D;1+1. The zero-order valence-corrected chi connectivity index (χ0v) is 38.1. The first-order valence-electron chi connectivity index (χ1n) is 25.7. The average Bonchev–Trinajstić information content (AvgIpc) is 4.02. The smallest absolute Gasteiger partial charge is 0.174 e. The van der Waals surface area contributed by atoms with E-state index in [9.17, 15) is 50.2 Å². The molecule has 3 saturated heterocycles. The molecular formula is C50H62ClN3O13. The summed E-state index contributed by atoms with van der Waals surface area (Å²) < 4.78 is 37.5. The molecule has 0 amide bonds. The second-order valence-corrected chi connectivity index (χ2v) is 21.7. The Morgan fingerprint density at radius 1 is 0.642 bits per heavy atom. The van der Waals surface area contributed by atoms with Crippen molar-refractivity contribution in [2.75, 3.05) is 33.7 Å². The van der Waals surface area contributed by atoms with E-state index < -0.39 is 57.4 Å². The summed E-state index contributed by atoms with van der Waals surface area (Å²) in [4.78, 5) is 39.7. The monoisotopic (exact) mass is 952 g/mol. The number of ketones is 3. The Bertz CT molecular complexity index is 2780. The van der Waals surface area contributed by atoms with Crippen LogP contribution in [0.5, 0.6) is 34.5 Å². The van der Waals surface area contributed by atoms with Crippen LogP contribution in [0, 0.1) is 0 Å². The average molecular weight is 954 g/mol. The normalized spacial score (nSPS) is 43.2. The number of quaternary nitrogens is 1. The minimum atomic E-state index is -1.20. The largest absolute Gasteiger partial charge is 1.00 e. The van der Waals surface area contributed by atoms with Gasteiger partial charge in [-0.3, -0.25) is 14.4 Å². The van der Waals surface area contributed by atoms with Crippen molar-refractivity contribution < 1.29 is 88.9 Å². The number of piperidine rings is 3. The number of nitrogens with zero attached hydrogens (tertiary/aromatic N) is 2. The van der Waals surface area contributed by atoms with E-state index >= 15 is 0 Å². The SMILES string of the molecule is CN1CC[C@]23c4c5ccc(O)c4O[C@H]2C(=O)CC[C@@]3(O)C1C5.C[N@@+]1(O)CC[C@]23c4c5ccc(O)c4O[C@H]2C(=O)CC[C@@]3(O)C1C5.O=C1CC[C@@]2(O)C3Cc4ccc(O)c5c4[C@@]2(CCN3)[C@H]1O5.[2HH].[2H][2H].[2H][2H].[Cl-]. The molecule has 16 nitrogen and oxygen atoms in total. The van der Waals surface area contributed by atoms with Gasteiger partial charge in [0.1, 0.15) is 12.1 Å². The summed E-state index contributed by atoms with van der Waals surface area (Å²) in [6.07, 6.45) is 3.94. The third-order valence-corrected chi connectivity index (χ3v) is 19.4. The number of hydroxylamine groups is 3. The van der Waals surface area contributed by atoms with Crippen LogP contribution in [-0.4, -0.2) is 150 Å². The van der Waals surface area contributed by atoms with E-state index in [-0.39, 0.29) is 71.6 Å². The van der Waals surface area contributed by atoms with Crippen LogP contribution < -0.4 is 31.9 Å². The number of phenols is 3. The van der Waals surface area contributed by atoms with Gasteiger partial charge in [-0.05, 0) is 100.0 Å². The number of likely N-dealkylation sites (N-methyl/N-ethyl adjacent to an activating group) is 2. The Balaban J connectivity index is 0.000000127. The summed E-state index contributed by atoms with van der Waals surface area (Å²) >= 11 is 0. The molecule has 6 bridgehead atoms. The predicted molar refractivity (Wildman–Crippen MR) is 236 cm³/mol. The third-order valence-electron chi connectivity index (χ3n) is 19.4. The molecule has 6 fully saturated rings. The summed E-state index contributed by atoms with van der Waals surface area (Å²) in [5, 5.41) is 79.6. The molecule has 6 aliphatic heterocycles. The van der Waals surface area contributed by atoms with E-state index in [1.165, 1.54) is 0 Å². The molecule has 13 atom stereocenters. The van der Waals surface area contributed by atoms with Crippen molar-refractivity contribution in [3.8, 4) is 34.5 Å². The number of rotatable bonds is 0. The molecule has 3 spiro atoms. The van der Waals surface area contributed by atoms with Crippen LogP contribution in [0.1, 0.15) is 98.5 Å². The summed E-state index contributed by atoms with van der Waals surface area (Å²) in [5.41, 5.74) is 0.430. The lowest BCUT2D eigenvalue weighted by Gasteiger charge is -2.61. The summed E-state index contributed by atoms with van der Waals surface area (Å²) in [7, 11) is 3.77. The predicted octanol–water partition coefficient (Wildman–Crippen LogP) is -0.461. The lowest BCUT2D eigenvalue weighted by molar-refractivity contribution is -1.12. The zero-order chi connectivity index (χ0) is 49.9. The lowest BCUT2D eigenvalue weighted by atomic mass is 9.49. The van der Waals surface area contributed by atoms with Crippen molar-refractivity contribution in [1.82, 2.24) is 10.2 Å². The van der Waals surface area contributed by atoms with Gasteiger partial charge in [0, 0.05) is 68.2 Å². The van der Waals surface area contributed by atoms with Crippen LogP contribution in [0.4, 0.5) is 0 Å². The third kappa shape index (κ3) is 4.86. The highest BCUT2D eigenvalue weighted by Gasteiger charge is 2.78. The Morgan fingerprint density at radius 3 is 1.63 bits per heavy atom. The van der Waals surface area contributed by atoms with Crippen molar-refractivity contribution in [3.63, 3.8) is 0 Å². The Morgan fingerprint density at radius 2 is 1.09 bits per heavy atom. The minimum absolute atomic E-state index is 0. The number of nitrogens with one attached hydrogen (secondary N) is 1. The molecule has 6 aliphatic carbocycles. The fourth-order valence-electron chi connectivity index (χ4n) is 16.5. The first-order valence-corrected chi connectivity index (χ1v) is 23.7. The number of benzene rings is 3. The van der Waals surface area contributed by atoms with Crippen molar-refractivity contribution in [3.05, 3.63) is 69.8 Å². The quantitative estimate of drug-likeness (QED) is 0.133. The second kappa shape index (κ2) is 13.6. The highest BCUT2D eigenvalue weighted by Crippen LogP contribution is 2.67. The highest BCUT2D eigenvalue weighted by molar-refractivity contribution is 5.92. The summed E-state index contributed by atoms with van der Waals surface area (Å²) in [5.74, 6) is 1.46. The number of likely N-dealkylation sites (tertiary alicyclic amines) is 2. The van der Waals surface area contributed by atoms with Crippen molar-refractivity contribution in [2.24, 2.45) is 0 Å². The number of aromatic hydroxyl groups is 3. The second-order valence-electron chi connectivity index (χ2n) is 21.7. The first-order chi connectivity index (χ1) is 33.4. The fraction of sp³-hybridized carbons (Fsp3) is 0.580. The van der Waals surface area contributed by atoms with E-state index in [0.29, 0.717) is 88.0 Å². The van der Waals surface area contributed by atoms with Crippen LogP contribution in [0.2, 0.25) is 0 Å². The van der Waals surface area contributed by atoms with Gasteiger partial charge in [-0.2, -0.15) is 4.65 Å². The fourth-order valence-corrected chi connectivity index (χ4v) is 16.5. The number of Topliss-reactive ketones (excluding diaryl/α,β-unsaturated/α-hetero) is 3. The molecule has 3 aromatic rings. The molecule has 67 heavy (non-hydrogen) atoms. The van der Waals surface area contributed by atoms with Gasteiger partial charge < -0.3 is 67.5 Å². The molecule has 3 unspecified atom stereocenters. The van der Waals surface area contributed by atoms with Crippen molar-refractivity contribution >= 4 is 17.3 Å². The molecule has 6 heterocycles. The van der Waals surface area contributed by atoms with Crippen molar-refractivity contribution in [1.29, 1.82) is 0 Å². The Hall–Kier alpha value is -4.52. The van der Waals surface area contributed by atoms with Crippen molar-refractivity contribution in [2.45, 2.75) is 147 Å². The molecule has 12 aliphatic rings. The molecule has 0 aromatic heterocycles. The maximum Gasteiger partial charge on any atom is 0.174 e. The topological polar surface area (TPSA) is 236 Å². The van der Waals surface area contributed by atoms with E-state index in [2.05, 4.69) is 10.2 Å². The van der Waals surface area contributed by atoms with Crippen LogP contribution in [0.3, 0.4) is 0 Å². The maximum absolute atomic E-state index is 12.5. The number of carbonyl (C=O) groups excluding carboxylic acids is 3. The van der Waals surface area contributed by atoms with E-state index in [1.54, 1.807) is 25.2 Å². The van der Waals surface area contributed by atoms with E-state index in [4.69, 9.17) is 20.1 Å².